The van der Waals surface area contributed by atoms with E-state index in [-0.39, 0.29) is 0 Å². The highest BCUT2D eigenvalue weighted by molar-refractivity contribution is 7.92. The van der Waals surface area contributed by atoms with E-state index in [0.717, 1.165) is 0 Å². The van der Waals surface area contributed by atoms with Crippen LogP contribution in [0.5, 0.6) is 0 Å². The van der Waals surface area contributed by atoms with Gasteiger partial charge in [-0.3, -0.25) is 0 Å². The molecule has 0 spiro atoms. The van der Waals surface area contributed by atoms with Crippen LogP contribution < -0.4 is 10.4 Å². The quantitative estimate of drug-likeness (QED) is 0.605. The maximum Gasteiger partial charge on any atom is 0.0775 e. The molecule has 0 saturated carbocycles. The molecule has 0 saturated heterocycles. The smallest absolute Gasteiger partial charge is 0.0716 e. The van der Waals surface area contributed by atoms with Gasteiger partial charge in [0.15, 0.2) is 0 Å². The average molecular weight is 397 g/mol. The Morgan fingerprint density at radius 3 is 1.17 bits per heavy atom. The van der Waals surface area contributed by atoms with Crippen molar-refractivity contribution in [3.63, 3.8) is 0 Å². The molecule has 0 atom stereocenters. The van der Waals surface area contributed by atoms with Crippen molar-refractivity contribution < 1.29 is 0 Å². The molecule has 0 fully saturated rings. The van der Waals surface area contributed by atoms with Crippen molar-refractivity contribution in [1.29, 1.82) is 0 Å². The first-order chi connectivity index (χ1) is 9.96. The van der Waals surface area contributed by atoms with Gasteiger partial charge in [-0.25, -0.2) is 0 Å². The third-order valence-electron chi connectivity index (χ3n) is 5.54. The fourth-order valence-corrected chi connectivity index (χ4v) is 107. The lowest BCUT2D eigenvalue weighted by Crippen LogP contribution is -2.88. The Bertz CT molecular complexity index is 514. The van der Waals surface area contributed by atoms with E-state index < -0.39 is 37.5 Å². The van der Waals surface area contributed by atoms with Crippen molar-refractivity contribution in [1.82, 2.24) is 0 Å². The lowest BCUT2D eigenvalue weighted by molar-refractivity contribution is 1.68. The fraction of sp³-hybridized carbons (Fsp3) is 0.667. The summed E-state index contributed by atoms with van der Waals surface area (Å²) in [5.74, 6) is 0. The van der Waals surface area contributed by atoms with Gasteiger partial charge >= 0.3 is 0 Å². The van der Waals surface area contributed by atoms with Crippen LogP contribution in [0.3, 0.4) is 0 Å². The molecular formula is C18H40Si5. The zero-order valence-corrected chi connectivity index (χ0v) is 22.8. The van der Waals surface area contributed by atoms with Gasteiger partial charge in [-0.2, -0.15) is 0 Å². The molecular weight excluding hydrogens is 357 g/mol. The predicted octanol–water partition coefficient (Wildman–Crippen LogP) is 5.14. The largest absolute Gasteiger partial charge is 0.0775 e. The van der Waals surface area contributed by atoms with Crippen molar-refractivity contribution in [2.24, 2.45) is 0 Å². The predicted molar refractivity (Wildman–Crippen MR) is 125 cm³/mol. The molecule has 5 heteroatoms. The summed E-state index contributed by atoms with van der Waals surface area (Å²) in [4.78, 5) is 0. The molecule has 0 N–H and O–H groups in total. The molecule has 1 aromatic rings. The number of hydrogen-bond donors (Lipinski definition) is 0. The molecule has 0 aliphatic rings. The maximum absolute atomic E-state index is 2.70. The minimum absolute atomic E-state index is 1.25. The molecule has 132 valence electrons. The van der Waals surface area contributed by atoms with Crippen LogP contribution in [-0.4, -0.2) is 37.5 Å². The van der Waals surface area contributed by atoms with Crippen LogP contribution in [0, 0.1) is 0 Å². The molecule has 0 bridgehead atoms. The first-order valence-corrected chi connectivity index (χ1v) is 28.1. The standard InChI is InChI=1S/C18H40Si5/c1-19(2,3)17-14-13-15-18(16-17)23(20(4,5)6,21(7,8)9)22(10,11)12/h13-16H,1-12H3. The van der Waals surface area contributed by atoms with Crippen molar-refractivity contribution >= 4 is 47.8 Å². The molecule has 0 aliphatic carbocycles. The molecule has 23 heavy (non-hydrogen) atoms. The highest BCUT2D eigenvalue weighted by atomic mass is 29.9. The minimum atomic E-state index is -1.45. The zero-order chi connectivity index (χ0) is 18.5. The molecule has 1 aromatic carbocycles. The number of hydrogen-bond acceptors (Lipinski definition) is 0. The minimum Gasteiger partial charge on any atom is -0.0716 e. The Hall–Kier alpha value is 0.304. The van der Waals surface area contributed by atoms with E-state index in [1.54, 1.807) is 5.19 Å². The Morgan fingerprint density at radius 2 is 0.870 bits per heavy atom. The van der Waals surface area contributed by atoms with Crippen LogP contribution in [0.15, 0.2) is 24.3 Å². The zero-order valence-electron chi connectivity index (χ0n) is 17.8. The van der Waals surface area contributed by atoms with E-state index in [2.05, 4.69) is 103 Å². The summed E-state index contributed by atoms with van der Waals surface area (Å²) >= 11 is 0. The third kappa shape index (κ3) is 3.78. The normalized spacial score (nSPS) is 15.0. The van der Waals surface area contributed by atoms with Gasteiger partial charge in [0.05, 0.1) is 14.7 Å². The van der Waals surface area contributed by atoms with Crippen LogP contribution in [0.2, 0.25) is 78.6 Å². The average Bonchev–Trinajstić information content (AvgIpc) is 2.22. The van der Waals surface area contributed by atoms with Gasteiger partial charge in [0.2, 0.25) is 0 Å². The van der Waals surface area contributed by atoms with Gasteiger partial charge in [0.25, 0.3) is 0 Å². The van der Waals surface area contributed by atoms with Crippen LogP contribution in [0.4, 0.5) is 0 Å². The second-order valence-corrected chi connectivity index (χ2v) is 56.7. The number of rotatable bonds is 5. The Balaban J connectivity index is 3.87. The van der Waals surface area contributed by atoms with Gasteiger partial charge in [0, 0.05) is 22.8 Å². The Labute approximate surface area is 150 Å². The monoisotopic (exact) mass is 396 g/mol. The third-order valence-corrected chi connectivity index (χ3v) is 78.9. The van der Waals surface area contributed by atoms with Crippen LogP contribution in [-0.2, 0) is 0 Å². The highest BCUT2D eigenvalue weighted by Crippen LogP contribution is 2.36. The molecule has 0 amide bonds. The van der Waals surface area contributed by atoms with Gasteiger partial charge in [-0.15, -0.1) is 0 Å². The van der Waals surface area contributed by atoms with Crippen molar-refractivity contribution in [3.05, 3.63) is 24.3 Å². The summed E-state index contributed by atoms with van der Waals surface area (Å²) in [5.41, 5.74) is 0. The summed E-state index contributed by atoms with van der Waals surface area (Å²) in [5, 5.41) is 3.51. The summed E-state index contributed by atoms with van der Waals surface area (Å²) in [6.07, 6.45) is 0. The van der Waals surface area contributed by atoms with Crippen LogP contribution in [0.1, 0.15) is 0 Å². The van der Waals surface area contributed by atoms with E-state index in [0.29, 0.717) is 0 Å². The van der Waals surface area contributed by atoms with Gasteiger partial charge in [0.1, 0.15) is 0 Å². The van der Waals surface area contributed by atoms with Crippen molar-refractivity contribution in [2.75, 3.05) is 0 Å². The van der Waals surface area contributed by atoms with Gasteiger partial charge < -0.3 is 0 Å². The van der Waals surface area contributed by atoms with E-state index in [1.165, 1.54) is 0 Å². The molecule has 0 heterocycles. The van der Waals surface area contributed by atoms with E-state index in [4.69, 9.17) is 0 Å². The molecule has 0 nitrogen and oxygen atoms in total. The lowest BCUT2D eigenvalue weighted by atomic mass is 10.4. The summed E-state index contributed by atoms with van der Waals surface area (Å²) < 4.78 is 0. The summed E-state index contributed by atoms with van der Waals surface area (Å²) in [7, 11) is -5.01. The summed E-state index contributed by atoms with van der Waals surface area (Å²) in [6.45, 7) is 30.3. The molecule has 0 unspecified atom stereocenters. The van der Waals surface area contributed by atoms with Crippen LogP contribution in [0.25, 0.3) is 0 Å². The molecule has 1 rings (SSSR count). The Morgan fingerprint density at radius 1 is 0.522 bits per heavy atom. The highest BCUT2D eigenvalue weighted by Gasteiger charge is 2.62. The van der Waals surface area contributed by atoms with E-state index in [1.807, 2.05) is 5.19 Å². The van der Waals surface area contributed by atoms with E-state index in [9.17, 15) is 0 Å². The second kappa shape index (κ2) is 6.23. The SMILES string of the molecule is C[Si](C)(C)c1cccc([Si]([Si](C)(C)C)([Si](C)(C)C)[Si](C)(C)C)c1. The number of benzene rings is 1. The molecule has 0 aliphatic heterocycles. The van der Waals surface area contributed by atoms with Crippen LogP contribution >= 0.6 is 0 Å². The van der Waals surface area contributed by atoms with Crippen molar-refractivity contribution in [3.8, 4) is 0 Å². The van der Waals surface area contributed by atoms with E-state index >= 15 is 0 Å². The lowest BCUT2D eigenvalue weighted by Gasteiger charge is -2.58. The maximum atomic E-state index is 2.70. The summed E-state index contributed by atoms with van der Waals surface area (Å²) in [6, 6.07) is 10.1. The van der Waals surface area contributed by atoms with Gasteiger partial charge in [-0.1, -0.05) is 113 Å². The first-order valence-electron chi connectivity index (χ1n) is 9.07. The second-order valence-electron chi connectivity index (χ2n) is 11.3. The topological polar surface area (TPSA) is 0 Å². The first kappa shape index (κ1) is 21.3. The molecule has 0 aromatic heterocycles. The fourth-order valence-electron chi connectivity index (χ4n) is 5.89. The molecule has 0 radical (unpaired) electrons. The van der Waals surface area contributed by atoms with Crippen molar-refractivity contribution in [2.45, 2.75) is 78.6 Å². The Kier molecular flexibility index (Phi) is 5.78. The van der Waals surface area contributed by atoms with Gasteiger partial charge in [-0.05, 0) is 0 Å².